The van der Waals surface area contributed by atoms with Gasteiger partial charge in [-0.2, -0.15) is 0 Å². The Morgan fingerprint density at radius 3 is 2.67 bits per heavy atom. The monoisotopic (exact) mass is 401 g/mol. The van der Waals surface area contributed by atoms with E-state index in [0.29, 0.717) is 26.1 Å². The fourth-order valence-electron chi connectivity index (χ4n) is 2.72. The molecule has 0 radical (unpaired) electrons. The van der Waals surface area contributed by atoms with Gasteiger partial charge in [-0.1, -0.05) is 26.3 Å². The number of halogens is 1. The van der Waals surface area contributed by atoms with E-state index >= 15 is 0 Å². The predicted molar refractivity (Wildman–Crippen MR) is 107 cm³/mol. The molecule has 1 aromatic rings. The van der Waals surface area contributed by atoms with Crippen LogP contribution in [0.2, 0.25) is 0 Å². The zero-order chi connectivity index (χ0) is 20.3. The van der Waals surface area contributed by atoms with Crippen LogP contribution in [0.1, 0.15) is 57.9 Å². The number of nitrogens with one attached hydrogen (secondary N) is 1. The summed E-state index contributed by atoms with van der Waals surface area (Å²) in [5.74, 6) is -0.205. The second-order valence-corrected chi connectivity index (χ2v) is 9.22. The fraction of sp³-hybridized carbons (Fsp3) is 0.650. The molecule has 0 aliphatic carbocycles. The molecule has 5 nitrogen and oxygen atoms in total. The van der Waals surface area contributed by atoms with Crippen molar-refractivity contribution in [2.45, 2.75) is 52.4 Å². The Kier molecular flexibility index (Phi) is 10.5. The van der Waals surface area contributed by atoms with Crippen molar-refractivity contribution in [1.29, 1.82) is 0 Å². The molecule has 7 heteroatoms. The largest absolute Gasteiger partial charge is 0.491 e. The Morgan fingerprint density at radius 2 is 2.00 bits per heavy atom. The minimum Gasteiger partial charge on any atom is -0.491 e. The van der Waals surface area contributed by atoms with Crippen LogP contribution in [-0.4, -0.2) is 45.4 Å². The highest BCUT2D eigenvalue weighted by Gasteiger charge is 2.18. The van der Waals surface area contributed by atoms with E-state index in [1.807, 2.05) is 13.8 Å². The second kappa shape index (κ2) is 12.1. The number of benzene rings is 1. The van der Waals surface area contributed by atoms with Crippen LogP contribution in [0.15, 0.2) is 18.2 Å². The Labute approximate surface area is 162 Å². The first-order chi connectivity index (χ1) is 12.7. The smallest absolute Gasteiger partial charge is 0.165 e. The summed E-state index contributed by atoms with van der Waals surface area (Å²) in [6, 6.07) is 4.55. The van der Waals surface area contributed by atoms with Gasteiger partial charge in [-0.15, -0.1) is 0 Å². The predicted octanol–water partition coefficient (Wildman–Crippen LogP) is 3.48. The van der Waals surface area contributed by atoms with Crippen LogP contribution in [0.25, 0.3) is 0 Å². The van der Waals surface area contributed by atoms with E-state index in [2.05, 4.69) is 5.32 Å². The van der Waals surface area contributed by atoms with Crippen molar-refractivity contribution in [3.63, 3.8) is 0 Å². The highest BCUT2D eigenvalue weighted by Crippen LogP contribution is 2.25. The van der Waals surface area contributed by atoms with E-state index in [-0.39, 0.29) is 29.0 Å². The second-order valence-electron chi connectivity index (χ2n) is 6.99. The van der Waals surface area contributed by atoms with Crippen molar-refractivity contribution >= 4 is 15.6 Å². The van der Waals surface area contributed by atoms with Crippen LogP contribution in [0.5, 0.6) is 5.75 Å². The molecule has 0 saturated heterocycles. The third-order valence-corrected chi connectivity index (χ3v) is 6.09. The maximum Gasteiger partial charge on any atom is 0.165 e. The lowest BCUT2D eigenvalue weighted by Crippen LogP contribution is -2.22. The summed E-state index contributed by atoms with van der Waals surface area (Å²) in [5, 5.41) is 3.02. The van der Waals surface area contributed by atoms with E-state index in [4.69, 9.17) is 4.74 Å². The molecule has 1 aromatic carbocycles. The molecule has 0 heterocycles. The first-order valence-electron chi connectivity index (χ1n) is 9.58. The SMILES string of the molecule is CCCOc1cc([C@H](C)CS(=O)(=O)CCCCCNCC(C)=O)ccc1F. The molecule has 0 aliphatic heterocycles. The minimum absolute atomic E-state index is 0.0361. The third kappa shape index (κ3) is 9.86. The molecular weight excluding hydrogens is 369 g/mol. The summed E-state index contributed by atoms with van der Waals surface area (Å²) in [6.45, 7) is 6.80. The average molecular weight is 402 g/mol. The lowest BCUT2D eigenvalue weighted by atomic mass is 10.0. The van der Waals surface area contributed by atoms with Crippen LogP contribution < -0.4 is 10.1 Å². The number of Topliss-reactive ketones (excluding diaryl/α,β-unsaturated/α-hetero) is 1. The van der Waals surface area contributed by atoms with Crippen molar-refractivity contribution in [3.05, 3.63) is 29.6 Å². The molecule has 0 amide bonds. The Balaban J connectivity index is 2.45. The molecule has 1 rings (SSSR count). The molecule has 0 saturated carbocycles. The normalized spacial score (nSPS) is 12.7. The Hall–Kier alpha value is -1.47. The van der Waals surface area contributed by atoms with E-state index in [1.54, 1.807) is 12.1 Å². The molecule has 0 aliphatic rings. The summed E-state index contributed by atoms with van der Waals surface area (Å²) < 4.78 is 43.8. The Morgan fingerprint density at radius 1 is 1.26 bits per heavy atom. The van der Waals surface area contributed by atoms with Gasteiger partial charge in [-0.3, -0.25) is 4.79 Å². The summed E-state index contributed by atoms with van der Waals surface area (Å²) in [6.07, 6.45) is 3.02. The first kappa shape index (κ1) is 23.6. The maximum absolute atomic E-state index is 13.8. The molecule has 27 heavy (non-hydrogen) atoms. The molecule has 0 unspecified atom stereocenters. The molecule has 1 N–H and O–H groups in total. The van der Waals surface area contributed by atoms with Crippen molar-refractivity contribution < 1.29 is 22.3 Å². The number of hydrogen-bond donors (Lipinski definition) is 1. The topological polar surface area (TPSA) is 72.5 Å². The van der Waals surface area contributed by atoms with Crippen molar-refractivity contribution in [2.75, 3.05) is 31.2 Å². The summed E-state index contributed by atoms with van der Waals surface area (Å²) in [5.41, 5.74) is 0.763. The van der Waals surface area contributed by atoms with Crippen molar-refractivity contribution in [2.24, 2.45) is 0 Å². The van der Waals surface area contributed by atoms with Gasteiger partial charge in [0.1, 0.15) is 5.78 Å². The van der Waals surface area contributed by atoms with Gasteiger partial charge < -0.3 is 10.1 Å². The average Bonchev–Trinajstić information content (AvgIpc) is 2.59. The highest BCUT2D eigenvalue weighted by molar-refractivity contribution is 7.91. The van der Waals surface area contributed by atoms with Gasteiger partial charge in [0.15, 0.2) is 21.4 Å². The summed E-state index contributed by atoms with van der Waals surface area (Å²) in [4.78, 5) is 10.8. The standard InChI is InChI=1S/C20H32FNO4S/c1-4-11-26-20-13-18(8-9-19(20)21)16(2)15-27(24,25)12-7-5-6-10-22-14-17(3)23/h8-9,13,16,22H,4-7,10-12,14-15H2,1-3H3/t16-/m1/s1. The van der Waals surface area contributed by atoms with E-state index in [1.165, 1.54) is 13.0 Å². The molecule has 154 valence electrons. The number of carbonyl (C=O) groups excluding carboxylic acids is 1. The zero-order valence-electron chi connectivity index (χ0n) is 16.6. The Bertz CT molecular complexity index is 691. The van der Waals surface area contributed by atoms with Crippen LogP contribution in [0.3, 0.4) is 0 Å². The zero-order valence-corrected chi connectivity index (χ0v) is 17.4. The van der Waals surface area contributed by atoms with Crippen molar-refractivity contribution in [3.8, 4) is 5.75 Å². The number of unbranched alkanes of at least 4 members (excludes halogenated alkanes) is 2. The molecule has 0 bridgehead atoms. The highest BCUT2D eigenvalue weighted by atomic mass is 32.2. The van der Waals surface area contributed by atoms with E-state index < -0.39 is 15.7 Å². The number of ketones is 1. The fourth-order valence-corrected chi connectivity index (χ4v) is 4.49. The number of carbonyl (C=O) groups is 1. The summed E-state index contributed by atoms with van der Waals surface area (Å²) >= 11 is 0. The molecule has 0 aromatic heterocycles. The van der Waals surface area contributed by atoms with E-state index in [9.17, 15) is 17.6 Å². The van der Waals surface area contributed by atoms with Gasteiger partial charge >= 0.3 is 0 Å². The summed E-state index contributed by atoms with van der Waals surface area (Å²) in [7, 11) is -3.18. The van der Waals surface area contributed by atoms with Crippen LogP contribution in [0.4, 0.5) is 4.39 Å². The van der Waals surface area contributed by atoms with Crippen LogP contribution >= 0.6 is 0 Å². The van der Waals surface area contributed by atoms with Gasteiger partial charge in [0.2, 0.25) is 0 Å². The third-order valence-electron chi connectivity index (χ3n) is 4.17. The maximum atomic E-state index is 13.8. The quantitative estimate of drug-likeness (QED) is 0.483. The number of ether oxygens (including phenoxy) is 1. The molecule has 1 atom stereocenters. The first-order valence-corrected chi connectivity index (χ1v) is 11.4. The van der Waals surface area contributed by atoms with Gasteiger partial charge in [0.05, 0.1) is 24.7 Å². The van der Waals surface area contributed by atoms with Gasteiger partial charge in [-0.25, -0.2) is 12.8 Å². The lowest BCUT2D eigenvalue weighted by molar-refractivity contribution is -0.116. The van der Waals surface area contributed by atoms with Crippen LogP contribution in [0, 0.1) is 5.82 Å². The number of sulfone groups is 1. The molecular formula is C20H32FNO4S. The lowest BCUT2D eigenvalue weighted by Gasteiger charge is -2.15. The van der Waals surface area contributed by atoms with Crippen molar-refractivity contribution in [1.82, 2.24) is 5.32 Å². The van der Waals surface area contributed by atoms with Gasteiger partial charge in [0, 0.05) is 0 Å². The molecule has 0 spiro atoms. The minimum atomic E-state index is -3.18. The number of rotatable bonds is 14. The van der Waals surface area contributed by atoms with Crippen LogP contribution in [-0.2, 0) is 14.6 Å². The molecule has 0 fully saturated rings. The van der Waals surface area contributed by atoms with Gasteiger partial charge in [-0.05, 0) is 56.3 Å². The van der Waals surface area contributed by atoms with E-state index in [0.717, 1.165) is 24.8 Å². The number of hydrogen-bond acceptors (Lipinski definition) is 5. The van der Waals surface area contributed by atoms with Gasteiger partial charge in [0.25, 0.3) is 0 Å².